The highest BCUT2D eigenvalue weighted by atomic mass is 32.1. The zero-order valence-electron chi connectivity index (χ0n) is 17.7. The molecule has 0 saturated heterocycles. The molecule has 0 fully saturated rings. The van der Waals surface area contributed by atoms with Crippen molar-refractivity contribution in [3.63, 3.8) is 0 Å². The number of amides is 1. The van der Waals surface area contributed by atoms with Crippen molar-refractivity contribution in [1.29, 1.82) is 0 Å². The number of carbonyl (C=O) groups is 2. The van der Waals surface area contributed by atoms with E-state index >= 15 is 0 Å². The van der Waals surface area contributed by atoms with Crippen molar-refractivity contribution in [2.24, 2.45) is 0 Å². The van der Waals surface area contributed by atoms with Gasteiger partial charge in [-0.1, -0.05) is 24.3 Å². The zero-order valence-corrected chi connectivity index (χ0v) is 18.5. The van der Waals surface area contributed by atoms with E-state index in [1.165, 1.54) is 19.1 Å². The van der Waals surface area contributed by atoms with Crippen molar-refractivity contribution in [2.45, 2.75) is 40.0 Å². The summed E-state index contributed by atoms with van der Waals surface area (Å²) in [6.45, 7) is 5.09. The Balaban J connectivity index is 1.70. The van der Waals surface area contributed by atoms with Crippen molar-refractivity contribution in [3.05, 3.63) is 75.8 Å². The van der Waals surface area contributed by atoms with Crippen LogP contribution in [0.1, 0.15) is 34.9 Å². The van der Waals surface area contributed by atoms with Crippen LogP contribution in [-0.2, 0) is 33.5 Å². The summed E-state index contributed by atoms with van der Waals surface area (Å²) in [6, 6.07) is 10.2. The summed E-state index contributed by atoms with van der Waals surface area (Å²) in [5.41, 5.74) is 2.64. The maximum atomic E-state index is 13.0. The summed E-state index contributed by atoms with van der Waals surface area (Å²) >= 11 is 1.07. The van der Waals surface area contributed by atoms with Gasteiger partial charge >= 0.3 is 12.1 Å². The fourth-order valence-electron chi connectivity index (χ4n) is 3.00. The van der Waals surface area contributed by atoms with E-state index in [-0.39, 0.29) is 23.8 Å². The van der Waals surface area contributed by atoms with Gasteiger partial charge < -0.3 is 4.74 Å². The van der Waals surface area contributed by atoms with E-state index in [4.69, 9.17) is 4.74 Å². The van der Waals surface area contributed by atoms with Gasteiger partial charge in [-0.3, -0.25) is 14.5 Å². The third-order valence-electron chi connectivity index (χ3n) is 4.78. The third kappa shape index (κ3) is 5.73. The Morgan fingerprint density at radius 2 is 1.84 bits per heavy atom. The van der Waals surface area contributed by atoms with E-state index in [1.807, 2.05) is 32.0 Å². The van der Waals surface area contributed by atoms with Crippen LogP contribution in [0.2, 0.25) is 0 Å². The standard InChI is InChI=1S/C23H21F3N2O3S/c1-14-7-8-17(9-15(14)2)10-21(30)31-12-19-13-32-22(27-19)28(16(3)29)20-6-4-5-18(11-20)23(24,25)26/h4-9,11,13H,10,12H2,1-3H3. The maximum Gasteiger partial charge on any atom is 0.416 e. The van der Waals surface area contributed by atoms with Crippen LogP contribution in [0, 0.1) is 13.8 Å². The summed E-state index contributed by atoms with van der Waals surface area (Å²) in [5, 5.41) is 1.79. The Kier molecular flexibility index (Phi) is 6.98. The van der Waals surface area contributed by atoms with Crippen molar-refractivity contribution in [1.82, 2.24) is 4.98 Å². The molecule has 3 rings (SSSR count). The predicted molar refractivity (Wildman–Crippen MR) is 116 cm³/mol. The summed E-state index contributed by atoms with van der Waals surface area (Å²) in [5.74, 6) is -0.916. The van der Waals surface area contributed by atoms with E-state index in [2.05, 4.69) is 4.98 Å². The van der Waals surface area contributed by atoms with Crippen LogP contribution in [0.3, 0.4) is 0 Å². The van der Waals surface area contributed by atoms with Gasteiger partial charge in [0.1, 0.15) is 6.61 Å². The molecule has 5 nitrogen and oxygen atoms in total. The molecule has 3 aromatic rings. The molecule has 0 N–H and O–H groups in total. The number of aromatic nitrogens is 1. The maximum absolute atomic E-state index is 13.0. The second-order valence-corrected chi connectivity index (χ2v) is 8.12. The molecule has 0 radical (unpaired) electrons. The summed E-state index contributed by atoms with van der Waals surface area (Å²) in [7, 11) is 0. The Morgan fingerprint density at radius 1 is 1.09 bits per heavy atom. The van der Waals surface area contributed by atoms with Gasteiger partial charge in [-0.15, -0.1) is 11.3 Å². The van der Waals surface area contributed by atoms with Gasteiger partial charge in [-0.2, -0.15) is 13.2 Å². The first kappa shape index (κ1) is 23.5. The second-order valence-electron chi connectivity index (χ2n) is 7.28. The van der Waals surface area contributed by atoms with Crippen molar-refractivity contribution >= 4 is 34.0 Å². The van der Waals surface area contributed by atoms with Crippen LogP contribution in [0.25, 0.3) is 0 Å². The Hall–Kier alpha value is -3.20. The van der Waals surface area contributed by atoms with E-state index < -0.39 is 23.6 Å². The Bertz CT molecular complexity index is 1140. The first-order chi connectivity index (χ1) is 15.0. The highest BCUT2D eigenvalue weighted by Crippen LogP contribution is 2.35. The molecule has 9 heteroatoms. The lowest BCUT2D eigenvalue weighted by molar-refractivity contribution is -0.144. The van der Waals surface area contributed by atoms with Gasteiger partial charge in [0.2, 0.25) is 5.91 Å². The SMILES string of the molecule is CC(=O)N(c1cccc(C(F)(F)F)c1)c1nc(COC(=O)Cc2ccc(C)c(C)c2)cs1. The van der Waals surface area contributed by atoms with Crippen molar-refractivity contribution in [2.75, 3.05) is 4.90 Å². The fraction of sp³-hybridized carbons (Fsp3) is 0.261. The molecule has 1 heterocycles. The molecule has 0 aliphatic heterocycles. The van der Waals surface area contributed by atoms with Crippen molar-refractivity contribution < 1.29 is 27.5 Å². The molecule has 168 valence electrons. The number of alkyl halides is 3. The molecule has 0 atom stereocenters. The van der Waals surface area contributed by atoms with Gasteiger partial charge in [-0.25, -0.2) is 4.98 Å². The van der Waals surface area contributed by atoms with Crippen LogP contribution in [0.15, 0.2) is 47.8 Å². The lowest BCUT2D eigenvalue weighted by atomic mass is 10.0. The number of hydrogen-bond acceptors (Lipinski definition) is 5. The van der Waals surface area contributed by atoms with E-state index in [1.54, 1.807) is 5.38 Å². The lowest BCUT2D eigenvalue weighted by Crippen LogP contribution is -2.23. The molecule has 2 aromatic carbocycles. The zero-order chi connectivity index (χ0) is 23.5. The monoisotopic (exact) mass is 462 g/mol. The minimum atomic E-state index is -4.53. The molecule has 0 unspecified atom stereocenters. The molecule has 0 spiro atoms. The lowest BCUT2D eigenvalue weighted by Gasteiger charge is -2.19. The van der Waals surface area contributed by atoms with Crippen LogP contribution < -0.4 is 4.90 Å². The van der Waals surface area contributed by atoms with Gasteiger partial charge in [0, 0.05) is 12.3 Å². The number of carbonyl (C=O) groups excluding carboxylic acids is 2. The number of rotatable bonds is 6. The minimum absolute atomic E-state index is 0.0555. The second kappa shape index (κ2) is 9.52. The minimum Gasteiger partial charge on any atom is -0.459 e. The molecule has 32 heavy (non-hydrogen) atoms. The number of halogens is 3. The van der Waals surface area contributed by atoms with E-state index in [0.717, 1.165) is 45.1 Å². The predicted octanol–water partition coefficient (Wildman–Crippen LogP) is 5.75. The third-order valence-corrected chi connectivity index (χ3v) is 5.65. The van der Waals surface area contributed by atoms with Gasteiger partial charge in [0.15, 0.2) is 5.13 Å². The molecular weight excluding hydrogens is 441 g/mol. The number of benzene rings is 2. The highest BCUT2D eigenvalue weighted by molar-refractivity contribution is 7.14. The average Bonchev–Trinajstić information content (AvgIpc) is 3.17. The van der Waals surface area contributed by atoms with E-state index in [9.17, 15) is 22.8 Å². The smallest absolute Gasteiger partial charge is 0.416 e. The molecular formula is C23H21F3N2O3S. The van der Waals surface area contributed by atoms with Crippen LogP contribution >= 0.6 is 11.3 Å². The quantitative estimate of drug-likeness (QED) is 0.438. The molecule has 0 aliphatic rings. The topological polar surface area (TPSA) is 59.5 Å². The number of ether oxygens (including phenoxy) is 1. The number of nitrogens with zero attached hydrogens (tertiary/aromatic N) is 2. The van der Waals surface area contributed by atoms with Gasteiger partial charge in [-0.05, 0) is 48.7 Å². The number of thiazole rings is 1. The van der Waals surface area contributed by atoms with Gasteiger partial charge in [0.05, 0.1) is 23.4 Å². The highest BCUT2D eigenvalue weighted by Gasteiger charge is 2.31. The Morgan fingerprint density at radius 3 is 2.50 bits per heavy atom. The normalized spacial score (nSPS) is 11.3. The largest absolute Gasteiger partial charge is 0.459 e. The van der Waals surface area contributed by atoms with Crippen molar-refractivity contribution in [3.8, 4) is 0 Å². The number of anilines is 2. The molecule has 0 bridgehead atoms. The number of aryl methyl sites for hydroxylation is 2. The number of hydrogen-bond donors (Lipinski definition) is 0. The molecule has 0 saturated carbocycles. The van der Waals surface area contributed by atoms with Crippen LogP contribution in [0.4, 0.5) is 24.0 Å². The van der Waals surface area contributed by atoms with Crippen LogP contribution in [-0.4, -0.2) is 16.9 Å². The number of esters is 1. The summed E-state index contributed by atoms with van der Waals surface area (Å²) in [6.07, 6.45) is -4.42. The molecule has 0 aliphatic carbocycles. The Labute approximate surface area is 187 Å². The van der Waals surface area contributed by atoms with E-state index in [0.29, 0.717) is 5.69 Å². The summed E-state index contributed by atoms with van der Waals surface area (Å²) in [4.78, 5) is 29.7. The first-order valence-electron chi connectivity index (χ1n) is 9.68. The molecule has 1 amide bonds. The summed E-state index contributed by atoms with van der Waals surface area (Å²) < 4.78 is 44.4. The average molecular weight is 462 g/mol. The fourth-order valence-corrected chi connectivity index (χ4v) is 3.87. The van der Waals surface area contributed by atoms with Gasteiger partial charge in [0.25, 0.3) is 0 Å². The molecule has 1 aromatic heterocycles. The van der Waals surface area contributed by atoms with Crippen LogP contribution in [0.5, 0.6) is 0 Å². The first-order valence-corrected chi connectivity index (χ1v) is 10.6.